The van der Waals surface area contributed by atoms with Crippen molar-refractivity contribution in [3.05, 3.63) is 69.1 Å². The van der Waals surface area contributed by atoms with Gasteiger partial charge in [0.1, 0.15) is 11.5 Å². The highest BCUT2D eigenvalue weighted by Gasteiger charge is 2.42. The zero-order valence-electron chi connectivity index (χ0n) is 15.3. The van der Waals surface area contributed by atoms with Gasteiger partial charge in [-0.3, -0.25) is 4.98 Å². The van der Waals surface area contributed by atoms with Crippen LogP contribution in [0.2, 0.25) is 0 Å². The van der Waals surface area contributed by atoms with Gasteiger partial charge in [0.05, 0.1) is 37.7 Å². The first kappa shape index (κ1) is 19.2. The van der Waals surface area contributed by atoms with Gasteiger partial charge in [-0.2, -0.15) is 0 Å². The lowest BCUT2D eigenvalue weighted by Gasteiger charge is -2.28. The van der Waals surface area contributed by atoms with Gasteiger partial charge >= 0.3 is 0 Å². The van der Waals surface area contributed by atoms with Crippen LogP contribution < -0.4 is 19.7 Å². The lowest BCUT2D eigenvalue weighted by Crippen LogP contribution is -2.29. The maximum Gasteiger partial charge on any atom is 0.174 e. The van der Waals surface area contributed by atoms with Crippen molar-refractivity contribution >= 4 is 50.3 Å². The molecule has 0 bridgehead atoms. The number of methoxy groups -OCH3 is 2. The van der Waals surface area contributed by atoms with Crippen molar-refractivity contribution in [3.8, 4) is 11.5 Å². The maximum absolute atomic E-state index is 5.75. The molecule has 28 heavy (non-hydrogen) atoms. The smallest absolute Gasteiger partial charge is 0.174 e. The summed E-state index contributed by atoms with van der Waals surface area (Å²) in [5.74, 6) is 1.47. The fourth-order valence-corrected chi connectivity index (χ4v) is 5.28. The van der Waals surface area contributed by atoms with Crippen LogP contribution in [0.25, 0.3) is 0 Å². The van der Waals surface area contributed by atoms with Crippen molar-refractivity contribution in [1.29, 1.82) is 0 Å². The summed E-state index contributed by atoms with van der Waals surface area (Å²) in [5, 5.41) is 6.15. The van der Waals surface area contributed by atoms with Crippen molar-refractivity contribution in [1.82, 2.24) is 10.3 Å². The Labute approximate surface area is 181 Å². The van der Waals surface area contributed by atoms with Crippen LogP contribution in [0.5, 0.6) is 11.5 Å². The van der Waals surface area contributed by atoms with Crippen molar-refractivity contribution in [2.45, 2.75) is 12.1 Å². The number of halogens is 1. The quantitative estimate of drug-likeness (QED) is 0.517. The van der Waals surface area contributed by atoms with Crippen LogP contribution in [-0.2, 0) is 0 Å². The molecule has 1 aromatic carbocycles. The lowest BCUT2D eigenvalue weighted by molar-refractivity contribution is 0.403. The molecule has 0 radical (unpaired) electrons. The molecule has 0 spiro atoms. The third-order valence-corrected chi connectivity index (χ3v) is 6.70. The summed E-state index contributed by atoms with van der Waals surface area (Å²) in [6, 6.07) is 13.6. The first-order valence-corrected chi connectivity index (χ1v) is 10.7. The van der Waals surface area contributed by atoms with E-state index in [-0.39, 0.29) is 12.1 Å². The minimum atomic E-state index is -0.0878. The van der Waals surface area contributed by atoms with E-state index in [1.54, 1.807) is 31.8 Å². The number of aromatic nitrogens is 1. The van der Waals surface area contributed by atoms with Gasteiger partial charge in [0.15, 0.2) is 5.11 Å². The Morgan fingerprint density at radius 1 is 1.18 bits per heavy atom. The van der Waals surface area contributed by atoms with E-state index >= 15 is 0 Å². The summed E-state index contributed by atoms with van der Waals surface area (Å²) >= 11 is 11.0. The molecule has 4 rings (SSSR count). The van der Waals surface area contributed by atoms with Gasteiger partial charge in [0.2, 0.25) is 0 Å². The summed E-state index contributed by atoms with van der Waals surface area (Å²) in [6.45, 7) is 0. The van der Waals surface area contributed by atoms with Crippen LogP contribution in [0.4, 0.5) is 5.69 Å². The van der Waals surface area contributed by atoms with Crippen molar-refractivity contribution in [2.75, 3.05) is 19.1 Å². The van der Waals surface area contributed by atoms with Gasteiger partial charge in [-0.15, -0.1) is 11.3 Å². The molecular weight excluding hydrogens is 458 g/mol. The van der Waals surface area contributed by atoms with Crippen molar-refractivity contribution < 1.29 is 9.47 Å². The lowest BCUT2D eigenvalue weighted by atomic mass is 10.0. The van der Waals surface area contributed by atoms with E-state index in [1.807, 2.05) is 36.4 Å². The Kier molecular flexibility index (Phi) is 5.52. The number of thiophene rings is 1. The van der Waals surface area contributed by atoms with Crippen LogP contribution in [0, 0.1) is 0 Å². The second-order valence-corrected chi connectivity index (χ2v) is 8.45. The molecule has 8 heteroatoms. The van der Waals surface area contributed by atoms with Crippen LogP contribution in [0.1, 0.15) is 22.7 Å². The highest BCUT2D eigenvalue weighted by Crippen LogP contribution is 2.47. The van der Waals surface area contributed by atoms with Crippen molar-refractivity contribution in [3.63, 3.8) is 0 Å². The summed E-state index contributed by atoms with van der Waals surface area (Å²) in [6.07, 6.45) is 1.80. The predicted octanol–water partition coefficient (Wildman–Crippen LogP) is 5.10. The molecule has 1 aliphatic heterocycles. The highest BCUT2D eigenvalue weighted by molar-refractivity contribution is 9.10. The Hall–Kier alpha value is -2.16. The van der Waals surface area contributed by atoms with E-state index in [4.69, 9.17) is 21.7 Å². The second kappa shape index (κ2) is 8.06. The average molecular weight is 476 g/mol. The van der Waals surface area contributed by atoms with E-state index in [9.17, 15) is 0 Å². The van der Waals surface area contributed by atoms with E-state index in [2.05, 4.69) is 42.6 Å². The zero-order chi connectivity index (χ0) is 19.7. The molecule has 1 N–H and O–H groups in total. The summed E-state index contributed by atoms with van der Waals surface area (Å²) in [7, 11) is 3.31. The summed E-state index contributed by atoms with van der Waals surface area (Å²) in [5.41, 5.74) is 1.79. The molecule has 0 aliphatic carbocycles. The molecule has 1 saturated heterocycles. The summed E-state index contributed by atoms with van der Waals surface area (Å²) < 4.78 is 12.1. The largest absolute Gasteiger partial charge is 0.497 e. The minimum absolute atomic E-state index is 0.0697. The first-order valence-electron chi connectivity index (χ1n) is 8.59. The number of hydrogen-bond donors (Lipinski definition) is 1. The van der Waals surface area contributed by atoms with Gasteiger partial charge in [0, 0.05) is 27.0 Å². The van der Waals surface area contributed by atoms with Crippen LogP contribution in [0.15, 0.2) is 58.5 Å². The normalized spacial score (nSPS) is 18.8. The van der Waals surface area contributed by atoms with Crippen LogP contribution >= 0.6 is 39.5 Å². The van der Waals surface area contributed by atoms with Crippen molar-refractivity contribution in [2.24, 2.45) is 0 Å². The minimum Gasteiger partial charge on any atom is -0.497 e. The Morgan fingerprint density at radius 2 is 2.04 bits per heavy atom. The predicted molar refractivity (Wildman–Crippen MR) is 119 cm³/mol. The topological polar surface area (TPSA) is 46.6 Å². The molecular formula is C20H18BrN3O2S2. The number of nitrogens with one attached hydrogen (secondary N) is 1. The molecule has 144 valence electrons. The van der Waals surface area contributed by atoms with Gasteiger partial charge < -0.3 is 19.7 Å². The first-order chi connectivity index (χ1) is 13.6. The number of anilines is 1. The number of nitrogens with zero attached hydrogens (tertiary/aromatic N) is 2. The maximum atomic E-state index is 5.75. The fourth-order valence-electron chi connectivity index (χ4n) is 3.37. The van der Waals surface area contributed by atoms with E-state index in [0.29, 0.717) is 5.11 Å². The Balaban J connectivity index is 1.87. The zero-order valence-corrected chi connectivity index (χ0v) is 18.5. The SMILES string of the molecule is COc1ccc(OC)c(N2C(=S)N[C@@H](c3ccccn3)[C@H]2c2cc(Br)cs2)c1. The average Bonchev–Trinajstić information content (AvgIpc) is 3.30. The third kappa shape index (κ3) is 3.47. The van der Waals surface area contributed by atoms with E-state index in [1.165, 1.54) is 4.88 Å². The molecule has 0 saturated carbocycles. The molecule has 1 aliphatic rings. The van der Waals surface area contributed by atoms with Crippen LogP contribution in [-0.4, -0.2) is 24.3 Å². The standard InChI is InChI=1S/C20H18BrN3O2S2/c1-25-13-6-7-16(26-2)15(10-13)24-19(17-9-12(21)11-28-17)18(23-20(24)27)14-5-3-4-8-22-14/h3-11,18-19H,1-2H3,(H,23,27)/t18-,19+/m0/s1. The van der Waals surface area contributed by atoms with E-state index < -0.39 is 0 Å². The Morgan fingerprint density at radius 3 is 2.68 bits per heavy atom. The molecule has 1 fully saturated rings. The molecule has 5 nitrogen and oxygen atoms in total. The molecule has 0 amide bonds. The van der Waals surface area contributed by atoms with E-state index in [0.717, 1.165) is 27.4 Å². The monoisotopic (exact) mass is 475 g/mol. The summed E-state index contributed by atoms with van der Waals surface area (Å²) in [4.78, 5) is 7.83. The number of rotatable bonds is 5. The number of hydrogen-bond acceptors (Lipinski definition) is 5. The van der Waals surface area contributed by atoms with Gasteiger partial charge in [0.25, 0.3) is 0 Å². The molecule has 3 aromatic rings. The fraction of sp³-hybridized carbons (Fsp3) is 0.200. The Bertz CT molecular complexity index is 996. The number of ether oxygens (including phenoxy) is 2. The molecule has 2 atom stereocenters. The number of thiocarbonyl (C=S) groups is 1. The highest BCUT2D eigenvalue weighted by atomic mass is 79.9. The van der Waals surface area contributed by atoms with Gasteiger partial charge in [-0.05, 0) is 58.5 Å². The van der Waals surface area contributed by atoms with Crippen LogP contribution in [0.3, 0.4) is 0 Å². The van der Waals surface area contributed by atoms with Gasteiger partial charge in [-0.25, -0.2) is 0 Å². The second-order valence-electron chi connectivity index (χ2n) is 6.20. The molecule has 0 unspecified atom stereocenters. The number of pyridine rings is 1. The number of benzene rings is 1. The third-order valence-electron chi connectivity index (χ3n) is 4.62. The van der Waals surface area contributed by atoms with Gasteiger partial charge in [-0.1, -0.05) is 6.07 Å². The molecule has 2 aromatic heterocycles. The molecule has 3 heterocycles.